The Hall–Kier alpha value is -4.59. The highest BCUT2D eigenvalue weighted by molar-refractivity contribution is 6.46. The zero-order chi connectivity index (χ0) is 28.5. The van der Waals surface area contributed by atoms with Crippen molar-refractivity contribution >= 4 is 23.4 Å². The van der Waals surface area contributed by atoms with Crippen molar-refractivity contribution in [1.82, 2.24) is 4.90 Å². The van der Waals surface area contributed by atoms with E-state index < -0.39 is 23.7 Å². The van der Waals surface area contributed by atoms with Gasteiger partial charge in [-0.05, 0) is 59.0 Å². The Morgan fingerprint density at radius 3 is 2.03 bits per heavy atom. The first kappa shape index (κ1) is 27.4. The molecule has 1 saturated heterocycles. The third-order valence-corrected chi connectivity index (χ3v) is 6.81. The van der Waals surface area contributed by atoms with Crippen LogP contribution in [-0.2, 0) is 21.5 Å². The number of likely N-dealkylation sites (tertiary alicyclic amines) is 1. The maximum Gasteiger partial charge on any atom is 0.335 e. The smallest absolute Gasteiger partial charge is 0.335 e. The number of benzene rings is 3. The van der Waals surface area contributed by atoms with Crippen molar-refractivity contribution in [3.05, 3.63) is 100 Å². The second-order valence-electron chi connectivity index (χ2n) is 10.4. The molecule has 3 aromatic carbocycles. The Morgan fingerprint density at radius 1 is 0.872 bits per heavy atom. The Balaban J connectivity index is 1.86. The summed E-state index contributed by atoms with van der Waals surface area (Å²) in [7, 11) is 3.11. The number of ketones is 1. The predicted octanol–water partition coefficient (Wildman–Crippen LogP) is 5.32. The van der Waals surface area contributed by atoms with Crippen LogP contribution in [0.15, 0.2) is 72.3 Å². The van der Waals surface area contributed by atoms with E-state index in [0.29, 0.717) is 28.2 Å². The zero-order valence-corrected chi connectivity index (χ0v) is 22.5. The van der Waals surface area contributed by atoms with Gasteiger partial charge in [0.1, 0.15) is 17.3 Å². The van der Waals surface area contributed by atoms with Gasteiger partial charge in [0.15, 0.2) is 0 Å². The second kappa shape index (κ2) is 10.6. The van der Waals surface area contributed by atoms with Gasteiger partial charge >= 0.3 is 5.97 Å². The Morgan fingerprint density at radius 2 is 1.49 bits per heavy atom. The zero-order valence-electron chi connectivity index (χ0n) is 22.5. The number of carboxylic acids is 1. The quantitative estimate of drug-likeness (QED) is 0.242. The van der Waals surface area contributed by atoms with E-state index in [4.69, 9.17) is 9.47 Å². The number of aromatic carboxylic acids is 1. The third kappa shape index (κ3) is 5.36. The number of aliphatic hydroxyl groups excluding tert-OH is 1. The van der Waals surface area contributed by atoms with Gasteiger partial charge in [-0.3, -0.25) is 9.59 Å². The Kier molecular flexibility index (Phi) is 7.49. The number of carboxylic acid groups (broad SMARTS) is 1. The molecule has 1 atom stereocenters. The van der Waals surface area contributed by atoms with Crippen LogP contribution in [0.3, 0.4) is 0 Å². The van der Waals surface area contributed by atoms with Crippen molar-refractivity contribution in [1.29, 1.82) is 0 Å². The van der Waals surface area contributed by atoms with E-state index in [1.807, 2.05) is 20.8 Å². The maximum absolute atomic E-state index is 13.4. The Labute approximate surface area is 227 Å². The van der Waals surface area contributed by atoms with E-state index in [1.165, 1.54) is 17.0 Å². The van der Waals surface area contributed by atoms with Gasteiger partial charge in [-0.15, -0.1) is 0 Å². The van der Waals surface area contributed by atoms with E-state index in [0.717, 1.165) is 5.56 Å². The average molecular weight is 530 g/mol. The second-order valence-corrected chi connectivity index (χ2v) is 10.4. The van der Waals surface area contributed by atoms with Crippen LogP contribution in [-0.4, -0.2) is 47.0 Å². The molecular formula is C31H31NO7. The van der Waals surface area contributed by atoms with Crippen LogP contribution < -0.4 is 9.47 Å². The molecular weight excluding hydrogens is 498 g/mol. The standard InChI is InChI=1S/C31H31NO7/c1-31(2,3)23-16-21(12-15-24(23)39-5)27(33)25-26(19-10-13-22(38-4)14-11-19)32(29(35)28(25)34)17-18-6-8-20(9-7-18)30(36)37/h6-16,26,33H,17H2,1-5H3,(H,36,37)/b27-25-. The molecule has 2 N–H and O–H groups in total. The Bertz CT molecular complexity index is 1450. The summed E-state index contributed by atoms with van der Waals surface area (Å²) in [6.07, 6.45) is 0. The van der Waals surface area contributed by atoms with E-state index >= 15 is 0 Å². The molecule has 39 heavy (non-hydrogen) atoms. The molecule has 0 aliphatic carbocycles. The van der Waals surface area contributed by atoms with Crippen molar-refractivity contribution in [3.8, 4) is 11.5 Å². The van der Waals surface area contributed by atoms with Crippen molar-refractivity contribution in [2.24, 2.45) is 0 Å². The van der Waals surface area contributed by atoms with Crippen LogP contribution >= 0.6 is 0 Å². The lowest BCUT2D eigenvalue weighted by Gasteiger charge is -2.26. The highest BCUT2D eigenvalue weighted by Gasteiger charge is 2.46. The molecule has 1 aliphatic rings. The summed E-state index contributed by atoms with van der Waals surface area (Å²) in [5.74, 6) is -1.66. The molecule has 0 saturated carbocycles. The van der Waals surface area contributed by atoms with Crippen LogP contribution in [0.4, 0.5) is 0 Å². The van der Waals surface area contributed by atoms with Gasteiger partial charge in [-0.1, -0.05) is 45.0 Å². The van der Waals surface area contributed by atoms with Crippen molar-refractivity contribution in [3.63, 3.8) is 0 Å². The summed E-state index contributed by atoms with van der Waals surface area (Å²) in [6.45, 7) is 6.08. The maximum atomic E-state index is 13.4. The molecule has 0 bridgehead atoms. The van der Waals surface area contributed by atoms with Gasteiger partial charge in [0, 0.05) is 17.7 Å². The van der Waals surface area contributed by atoms with Gasteiger partial charge in [-0.25, -0.2) is 4.79 Å². The molecule has 1 heterocycles. The number of carbonyl (C=O) groups excluding carboxylic acids is 2. The summed E-state index contributed by atoms with van der Waals surface area (Å²) in [6, 6.07) is 17.3. The first-order chi connectivity index (χ1) is 18.5. The number of rotatable bonds is 7. The van der Waals surface area contributed by atoms with E-state index in [2.05, 4.69) is 0 Å². The summed E-state index contributed by atoms with van der Waals surface area (Å²) >= 11 is 0. The number of nitrogens with zero attached hydrogens (tertiary/aromatic N) is 1. The summed E-state index contributed by atoms with van der Waals surface area (Å²) in [4.78, 5) is 39.4. The number of hydrogen-bond acceptors (Lipinski definition) is 6. The van der Waals surface area contributed by atoms with Crippen molar-refractivity contribution in [2.75, 3.05) is 14.2 Å². The van der Waals surface area contributed by atoms with Crippen molar-refractivity contribution < 1.29 is 34.1 Å². The fourth-order valence-electron chi connectivity index (χ4n) is 4.72. The summed E-state index contributed by atoms with van der Waals surface area (Å²) < 4.78 is 10.8. The molecule has 1 unspecified atom stereocenters. The van der Waals surface area contributed by atoms with Crippen molar-refractivity contribution in [2.45, 2.75) is 38.8 Å². The minimum Gasteiger partial charge on any atom is -0.507 e. The molecule has 0 spiro atoms. The van der Waals surface area contributed by atoms with Gasteiger partial charge < -0.3 is 24.6 Å². The highest BCUT2D eigenvalue weighted by atomic mass is 16.5. The van der Waals surface area contributed by atoms with Crippen LogP contribution in [0.1, 0.15) is 59.4 Å². The first-order valence-electron chi connectivity index (χ1n) is 12.4. The van der Waals surface area contributed by atoms with Gasteiger partial charge in [0.2, 0.25) is 0 Å². The molecule has 4 rings (SSSR count). The topological polar surface area (TPSA) is 113 Å². The minimum absolute atomic E-state index is 0.0302. The molecule has 0 radical (unpaired) electrons. The van der Waals surface area contributed by atoms with Crippen LogP contribution in [0.2, 0.25) is 0 Å². The van der Waals surface area contributed by atoms with Crippen LogP contribution in [0.5, 0.6) is 11.5 Å². The van der Waals surface area contributed by atoms with Crippen LogP contribution in [0.25, 0.3) is 5.76 Å². The monoisotopic (exact) mass is 529 g/mol. The minimum atomic E-state index is -1.06. The predicted molar refractivity (Wildman–Crippen MR) is 146 cm³/mol. The first-order valence-corrected chi connectivity index (χ1v) is 12.4. The number of aliphatic hydroxyl groups is 1. The van der Waals surface area contributed by atoms with E-state index in [9.17, 15) is 24.6 Å². The fourth-order valence-corrected chi connectivity index (χ4v) is 4.72. The molecule has 3 aromatic rings. The number of methoxy groups -OCH3 is 2. The highest BCUT2D eigenvalue weighted by Crippen LogP contribution is 2.42. The largest absolute Gasteiger partial charge is 0.507 e. The number of amides is 1. The number of ether oxygens (including phenoxy) is 2. The number of hydrogen-bond donors (Lipinski definition) is 2. The van der Waals surface area contributed by atoms with Gasteiger partial charge in [-0.2, -0.15) is 0 Å². The van der Waals surface area contributed by atoms with E-state index in [1.54, 1.807) is 68.8 Å². The third-order valence-electron chi connectivity index (χ3n) is 6.81. The van der Waals surface area contributed by atoms with Gasteiger partial charge in [0.25, 0.3) is 11.7 Å². The molecule has 202 valence electrons. The lowest BCUT2D eigenvalue weighted by molar-refractivity contribution is -0.140. The van der Waals surface area contributed by atoms with Crippen LogP contribution in [0, 0.1) is 0 Å². The SMILES string of the molecule is COc1ccc(C2/C(=C(/O)c3ccc(OC)c(C(C)(C)C)c3)C(=O)C(=O)N2Cc2ccc(C(=O)O)cc2)cc1. The summed E-state index contributed by atoms with van der Waals surface area (Å²) in [5, 5.41) is 20.7. The molecule has 1 aliphatic heterocycles. The number of Topliss-reactive ketones (excluding diaryl/α,β-unsaturated/α-hetero) is 1. The average Bonchev–Trinajstić information content (AvgIpc) is 3.17. The molecule has 0 aromatic heterocycles. The normalized spacial score (nSPS) is 16.8. The van der Waals surface area contributed by atoms with E-state index in [-0.39, 0.29) is 28.9 Å². The molecule has 8 heteroatoms. The molecule has 8 nitrogen and oxygen atoms in total. The lowest BCUT2D eigenvalue weighted by atomic mass is 9.84. The molecule has 1 amide bonds. The number of carbonyl (C=O) groups is 3. The molecule has 1 fully saturated rings. The van der Waals surface area contributed by atoms with Gasteiger partial charge in [0.05, 0.1) is 31.4 Å². The lowest BCUT2D eigenvalue weighted by Crippen LogP contribution is -2.29. The fraction of sp³-hybridized carbons (Fsp3) is 0.258. The summed E-state index contributed by atoms with van der Waals surface area (Å²) in [5.41, 5.74) is 2.25.